The van der Waals surface area contributed by atoms with E-state index in [-0.39, 0.29) is 25.0 Å². The predicted molar refractivity (Wildman–Crippen MR) is 80.5 cm³/mol. The highest BCUT2D eigenvalue weighted by molar-refractivity contribution is 5.78. The van der Waals surface area contributed by atoms with Crippen molar-refractivity contribution < 1.29 is 19.4 Å². The Kier molecular flexibility index (Phi) is 6.72. The molecule has 0 spiro atoms. The van der Waals surface area contributed by atoms with Gasteiger partial charge in [0.25, 0.3) is 5.91 Å². The SMILES string of the molecule is CCCC(CC(=O)O)NC(=O)COc1cc(C)cc(C)c1. The molecule has 0 saturated heterocycles. The smallest absolute Gasteiger partial charge is 0.305 e. The lowest BCUT2D eigenvalue weighted by Gasteiger charge is -2.16. The zero-order valence-electron chi connectivity index (χ0n) is 12.8. The molecule has 1 aromatic rings. The van der Waals surface area contributed by atoms with Crippen molar-refractivity contribution in [2.45, 2.75) is 46.1 Å². The zero-order valence-corrected chi connectivity index (χ0v) is 12.8. The lowest BCUT2D eigenvalue weighted by atomic mass is 10.1. The second-order valence-electron chi connectivity index (χ2n) is 5.26. The molecule has 0 aliphatic rings. The number of aliphatic carboxylic acids is 1. The van der Waals surface area contributed by atoms with Crippen LogP contribution in [0.1, 0.15) is 37.3 Å². The molecule has 0 fully saturated rings. The molecule has 1 unspecified atom stereocenters. The van der Waals surface area contributed by atoms with Gasteiger partial charge in [0.1, 0.15) is 5.75 Å². The van der Waals surface area contributed by atoms with Crippen molar-refractivity contribution >= 4 is 11.9 Å². The van der Waals surface area contributed by atoms with Gasteiger partial charge in [-0.05, 0) is 43.5 Å². The number of carboxylic acid groups (broad SMARTS) is 1. The highest BCUT2D eigenvalue weighted by Gasteiger charge is 2.15. The minimum Gasteiger partial charge on any atom is -0.484 e. The van der Waals surface area contributed by atoms with Crippen LogP contribution in [0, 0.1) is 13.8 Å². The molecule has 0 bridgehead atoms. The summed E-state index contributed by atoms with van der Waals surface area (Å²) in [4.78, 5) is 22.6. The van der Waals surface area contributed by atoms with E-state index < -0.39 is 5.97 Å². The minimum atomic E-state index is -0.913. The van der Waals surface area contributed by atoms with E-state index in [0.717, 1.165) is 17.5 Å². The molecule has 0 aliphatic carbocycles. The molecule has 116 valence electrons. The van der Waals surface area contributed by atoms with Gasteiger partial charge in [0.05, 0.1) is 6.42 Å². The first-order chi connectivity index (χ1) is 9.90. The van der Waals surface area contributed by atoms with Crippen LogP contribution in [0.3, 0.4) is 0 Å². The molecule has 0 aromatic heterocycles. The van der Waals surface area contributed by atoms with Crippen LogP contribution in [-0.2, 0) is 9.59 Å². The van der Waals surface area contributed by atoms with Crippen molar-refractivity contribution in [1.82, 2.24) is 5.32 Å². The van der Waals surface area contributed by atoms with Crippen molar-refractivity contribution in [3.63, 3.8) is 0 Å². The molecule has 5 heteroatoms. The zero-order chi connectivity index (χ0) is 15.8. The van der Waals surface area contributed by atoms with Crippen molar-refractivity contribution in [3.8, 4) is 5.75 Å². The largest absolute Gasteiger partial charge is 0.484 e. The van der Waals surface area contributed by atoms with Gasteiger partial charge in [0.15, 0.2) is 6.61 Å². The molecule has 1 aromatic carbocycles. The average molecular weight is 293 g/mol. The van der Waals surface area contributed by atoms with E-state index in [1.54, 1.807) is 0 Å². The van der Waals surface area contributed by atoms with Crippen molar-refractivity contribution in [2.24, 2.45) is 0 Å². The summed E-state index contributed by atoms with van der Waals surface area (Å²) in [6, 6.07) is 5.40. The summed E-state index contributed by atoms with van der Waals surface area (Å²) < 4.78 is 5.45. The number of benzene rings is 1. The predicted octanol–water partition coefficient (Wildman–Crippen LogP) is 2.44. The normalized spacial score (nSPS) is 11.8. The highest BCUT2D eigenvalue weighted by atomic mass is 16.5. The summed E-state index contributed by atoms with van der Waals surface area (Å²) in [6.07, 6.45) is 1.39. The maximum Gasteiger partial charge on any atom is 0.305 e. The van der Waals surface area contributed by atoms with Crippen LogP contribution in [0.25, 0.3) is 0 Å². The number of carbonyl (C=O) groups excluding carboxylic acids is 1. The van der Waals surface area contributed by atoms with Crippen LogP contribution < -0.4 is 10.1 Å². The third-order valence-electron chi connectivity index (χ3n) is 2.99. The number of ether oxygens (including phenoxy) is 1. The van der Waals surface area contributed by atoms with Gasteiger partial charge >= 0.3 is 5.97 Å². The number of rotatable bonds is 8. The molecule has 5 nitrogen and oxygen atoms in total. The van der Waals surface area contributed by atoms with E-state index in [1.165, 1.54) is 0 Å². The Morgan fingerprint density at radius 3 is 2.38 bits per heavy atom. The van der Waals surface area contributed by atoms with Gasteiger partial charge in [-0.3, -0.25) is 9.59 Å². The Morgan fingerprint density at radius 2 is 1.86 bits per heavy atom. The van der Waals surface area contributed by atoms with Crippen molar-refractivity contribution in [3.05, 3.63) is 29.3 Å². The van der Waals surface area contributed by atoms with Crippen molar-refractivity contribution in [2.75, 3.05) is 6.61 Å². The van der Waals surface area contributed by atoms with Gasteiger partial charge in [0, 0.05) is 6.04 Å². The van der Waals surface area contributed by atoms with Crippen LogP contribution in [0.4, 0.5) is 0 Å². The number of nitrogens with one attached hydrogen (secondary N) is 1. The second-order valence-corrected chi connectivity index (χ2v) is 5.26. The van der Waals surface area contributed by atoms with E-state index in [9.17, 15) is 9.59 Å². The van der Waals surface area contributed by atoms with Crippen LogP contribution in [0.5, 0.6) is 5.75 Å². The summed E-state index contributed by atoms with van der Waals surface area (Å²) in [6.45, 7) is 5.77. The molecule has 1 atom stereocenters. The van der Waals surface area contributed by atoms with E-state index in [2.05, 4.69) is 5.32 Å². The van der Waals surface area contributed by atoms with Crippen LogP contribution in [-0.4, -0.2) is 29.6 Å². The monoisotopic (exact) mass is 293 g/mol. The molecule has 0 heterocycles. The molecule has 0 saturated carbocycles. The average Bonchev–Trinajstić information content (AvgIpc) is 2.34. The fourth-order valence-electron chi connectivity index (χ4n) is 2.22. The summed E-state index contributed by atoms with van der Waals surface area (Å²) in [5.74, 6) is -0.564. The van der Waals surface area contributed by atoms with E-state index >= 15 is 0 Å². The Hall–Kier alpha value is -2.04. The van der Waals surface area contributed by atoms with Crippen LogP contribution in [0.15, 0.2) is 18.2 Å². The van der Waals surface area contributed by atoms with Gasteiger partial charge in [-0.2, -0.15) is 0 Å². The summed E-state index contributed by atoms with van der Waals surface area (Å²) in [5.41, 5.74) is 2.14. The molecule has 0 aliphatic heterocycles. The van der Waals surface area contributed by atoms with E-state index in [0.29, 0.717) is 12.2 Å². The minimum absolute atomic E-state index is 0.0663. The van der Waals surface area contributed by atoms with Gasteiger partial charge in [-0.25, -0.2) is 0 Å². The number of aryl methyl sites for hydroxylation is 2. The third kappa shape index (κ3) is 6.79. The Balaban J connectivity index is 2.50. The summed E-state index contributed by atoms with van der Waals surface area (Å²) in [5, 5.41) is 11.5. The van der Waals surface area contributed by atoms with E-state index in [4.69, 9.17) is 9.84 Å². The van der Waals surface area contributed by atoms with Gasteiger partial charge in [-0.15, -0.1) is 0 Å². The molecule has 1 rings (SSSR count). The quantitative estimate of drug-likeness (QED) is 0.772. The number of carbonyl (C=O) groups is 2. The standard InChI is InChI=1S/C16H23NO4/c1-4-5-13(9-16(19)20)17-15(18)10-21-14-7-11(2)6-12(3)8-14/h6-8,13H,4-5,9-10H2,1-3H3,(H,17,18)(H,19,20). The number of hydrogen-bond acceptors (Lipinski definition) is 3. The number of carboxylic acids is 1. The second kappa shape index (κ2) is 8.29. The Morgan fingerprint density at radius 1 is 1.24 bits per heavy atom. The van der Waals surface area contributed by atoms with Crippen LogP contribution in [0.2, 0.25) is 0 Å². The summed E-state index contributed by atoms with van der Waals surface area (Å²) in [7, 11) is 0. The molecule has 21 heavy (non-hydrogen) atoms. The fraction of sp³-hybridized carbons (Fsp3) is 0.500. The Bertz CT molecular complexity index is 479. The first-order valence-corrected chi connectivity index (χ1v) is 7.13. The van der Waals surface area contributed by atoms with Gasteiger partial charge in [-0.1, -0.05) is 19.4 Å². The third-order valence-corrected chi connectivity index (χ3v) is 2.99. The first kappa shape index (κ1) is 17.0. The van der Waals surface area contributed by atoms with Crippen molar-refractivity contribution in [1.29, 1.82) is 0 Å². The maximum absolute atomic E-state index is 11.8. The number of amides is 1. The lowest BCUT2D eigenvalue weighted by Crippen LogP contribution is -2.39. The van der Waals surface area contributed by atoms with Crippen LogP contribution >= 0.6 is 0 Å². The van der Waals surface area contributed by atoms with Gasteiger partial charge < -0.3 is 15.2 Å². The molecule has 2 N–H and O–H groups in total. The molecular weight excluding hydrogens is 270 g/mol. The first-order valence-electron chi connectivity index (χ1n) is 7.13. The molecule has 1 amide bonds. The fourth-order valence-corrected chi connectivity index (χ4v) is 2.22. The van der Waals surface area contributed by atoms with E-state index in [1.807, 2.05) is 39.0 Å². The summed E-state index contributed by atoms with van der Waals surface area (Å²) >= 11 is 0. The molecular formula is C16H23NO4. The number of hydrogen-bond donors (Lipinski definition) is 2. The molecule has 0 radical (unpaired) electrons. The highest BCUT2D eigenvalue weighted by Crippen LogP contribution is 2.16. The van der Waals surface area contributed by atoms with Gasteiger partial charge in [0.2, 0.25) is 0 Å². The maximum atomic E-state index is 11.8. The lowest BCUT2D eigenvalue weighted by molar-refractivity contribution is -0.137. The topological polar surface area (TPSA) is 75.6 Å². The Labute approximate surface area is 125 Å².